The van der Waals surface area contributed by atoms with Crippen LogP contribution in [-0.4, -0.2) is 133 Å². The normalized spacial score (nSPS) is 8.97. The molecule has 8 rings (SSSR count). The molecule has 0 atom stereocenters. The number of nitrogens with zero attached hydrogens (tertiary/aromatic N) is 2. The number of ether oxygens (including phenoxy) is 4. The number of hydrogen-bond donors (Lipinski definition) is 7. The molecule has 9 N–H and O–H groups in total. The van der Waals surface area contributed by atoms with Crippen molar-refractivity contribution in [3.8, 4) is 56.4 Å². The molecule has 0 spiro atoms. The molecule has 28 heteroatoms. The molecule has 0 unspecified atom stereocenters. The van der Waals surface area contributed by atoms with E-state index in [0.29, 0.717) is 104 Å². The van der Waals surface area contributed by atoms with Crippen LogP contribution in [0.2, 0.25) is 0 Å². The summed E-state index contributed by atoms with van der Waals surface area (Å²) in [6, 6.07) is 28.6. The smallest absolute Gasteiger partial charge is 0.870 e. The number of aliphatic hydroxyl groups is 1. The number of nitrogens with one attached hydrogen (secondary N) is 1. The quantitative estimate of drug-likeness (QED) is 0.0169. The third-order valence-corrected chi connectivity index (χ3v) is 11.4. The van der Waals surface area contributed by atoms with Crippen molar-refractivity contribution < 1.29 is 171 Å². The second-order valence-electron chi connectivity index (χ2n) is 16.7. The summed E-state index contributed by atoms with van der Waals surface area (Å²) in [5.41, 5.74) is 10.8. The number of carbonyl (C=O) groups excluding carboxylic acids is 3. The molecule has 490 valence electrons. The van der Waals surface area contributed by atoms with E-state index in [1.807, 2.05) is 41.5 Å². The summed E-state index contributed by atoms with van der Waals surface area (Å²) in [5.74, 6) is -1.42. The van der Waals surface area contributed by atoms with Gasteiger partial charge in [-0.1, -0.05) is 85.4 Å². The molecule has 2 aliphatic carbocycles. The number of fused-ring (bicyclic) bond motifs is 4. The molecule has 2 aliphatic heterocycles. The first-order valence-corrected chi connectivity index (χ1v) is 26.9. The monoisotopic (exact) mass is 1330 g/mol. The number of carbonyl (C=O) groups is 5. The van der Waals surface area contributed by atoms with Gasteiger partial charge in [0, 0.05) is 123 Å². The van der Waals surface area contributed by atoms with Crippen molar-refractivity contribution in [1.29, 1.82) is 10.5 Å². The van der Waals surface area contributed by atoms with E-state index in [-0.39, 0.29) is 165 Å². The van der Waals surface area contributed by atoms with Crippen LogP contribution in [0, 0.1) is 23.7 Å². The summed E-state index contributed by atoms with van der Waals surface area (Å²) in [5, 5.41) is 64.0. The third kappa shape index (κ3) is 32.8. The largest absolute Gasteiger partial charge is 1.00 e. The average molecular weight is 1330 g/mol. The van der Waals surface area contributed by atoms with Gasteiger partial charge in [-0.15, -0.1) is 0 Å². The Morgan fingerprint density at radius 2 is 0.947 bits per heavy atom. The number of phenolic OH excluding ortho intramolecular Hbond substituents is 2. The molecule has 0 amide bonds. The second kappa shape index (κ2) is 62.7. The summed E-state index contributed by atoms with van der Waals surface area (Å²) in [7, 11) is 7.08. The zero-order valence-corrected chi connectivity index (χ0v) is 61.3. The maximum atomic E-state index is 12.0. The van der Waals surface area contributed by atoms with E-state index in [0.717, 1.165) is 39.1 Å². The average Bonchev–Trinajstić information content (AvgIpc) is 0.754. The number of carboxylic acids is 2. The number of methoxy groups -OCH3 is 4. The van der Waals surface area contributed by atoms with Crippen LogP contribution in [0.5, 0.6) is 11.5 Å². The Labute approximate surface area is 621 Å². The van der Waals surface area contributed by atoms with Crippen molar-refractivity contribution >= 4 is 69.6 Å². The number of aliphatic hydroxyl groups excluding tert-OH is 1. The van der Waals surface area contributed by atoms with E-state index < -0.39 is 18.2 Å². The van der Waals surface area contributed by atoms with E-state index in [9.17, 15) is 54.0 Å². The zero-order chi connectivity index (χ0) is 66.6. The molecule has 4 aromatic rings. The maximum absolute atomic E-state index is 12.0. The third-order valence-electron chi connectivity index (χ3n) is 11.4. The Hall–Kier alpha value is -6.40. The number of aromatic carboxylic acids is 2. The van der Waals surface area contributed by atoms with Gasteiger partial charge in [-0.05, 0) is 91.2 Å². The zero-order valence-electron chi connectivity index (χ0n) is 55.3. The van der Waals surface area contributed by atoms with Gasteiger partial charge in [0.1, 0.15) is 46.8 Å². The predicted molar refractivity (Wildman–Crippen MR) is 350 cm³/mol. The first-order chi connectivity index (χ1) is 42.0. The standard InChI is InChI=1S/C24H21NO5.C21H15NO5.C5H12O2.C4H8O3.2C3H6O.C2H6.2CN.CH4O.CH4.2B.3Na.H2O/c1-2-11-25-13-19-20(27)10-9-18-22(15-5-3-4-6-16(15)24(28)29)17-8-7-14(26)12-21(17)30-23(18)19;22-10-16-17(24)8-7-15-19(12-3-1-2-4-13(12)21(25)26)14-6-5-11(23)9-18(14)27-20(15)16;1-4-5(6-2)7-3;1-6-4(3-5)7-2;2*1-2-3-4;4*1-2;;;;;;;/h3-10,12,25,27H,2,11,13H2,1H3,(H,28,29);1-9,24H,10,22H2,(H,25,26);5H,4H2,1-3H3;3-4H,1-2H3;2*3H,2H2,1H3;1-2H3;;;2H,1H3;1H4;;;;;;1H2/q;;;;;;;2*-1;;;;;3*+1;/p-1. The van der Waals surface area contributed by atoms with Gasteiger partial charge in [-0.3, -0.25) is 14.4 Å². The van der Waals surface area contributed by atoms with Crippen molar-refractivity contribution in [2.75, 3.05) is 42.1 Å². The van der Waals surface area contributed by atoms with Gasteiger partial charge >= 0.3 is 101 Å². The van der Waals surface area contributed by atoms with Crippen LogP contribution in [-0.2, 0) is 46.4 Å². The van der Waals surface area contributed by atoms with Crippen LogP contribution in [0.1, 0.15) is 106 Å². The molecule has 23 nitrogen and oxygen atoms in total. The molecule has 94 heavy (non-hydrogen) atoms. The predicted octanol–water partition coefficient (Wildman–Crippen LogP) is 1.44. The minimum Gasteiger partial charge on any atom is -0.870 e. The molecule has 0 aromatic heterocycles. The van der Waals surface area contributed by atoms with Crippen molar-refractivity contribution in [1.82, 2.24) is 5.32 Å². The maximum Gasteiger partial charge on any atom is 1.00 e. The number of nitrogens with two attached hydrogens (primary N) is 1. The van der Waals surface area contributed by atoms with Crippen molar-refractivity contribution in [3.05, 3.63) is 165 Å². The minimum absolute atomic E-state index is 0. The van der Waals surface area contributed by atoms with Crippen LogP contribution < -0.4 is 111 Å². The molecule has 0 saturated heterocycles. The fourth-order valence-electron chi connectivity index (χ4n) is 7.71. The molecule has 6 radical (unpaired) electrons. The number of phenols is 2. The fraction of sp³-hybridized carbons (Fsp3) is 0.318. The van der Waals surface area contributed by atoms with E-state index in [2.05, 4.69) is 14.8 Å². The fourth-order valence-corrected chi connectivity index (χ4v) is 7.71. The molecule has 0 saturated carbocycles. The van der Waals surface area contributed by atoms with E-state index in [1.54, 1.807) is 87.0 Å². The van der Waals surface area contributed by atoms with Gasteiger partial charge in [0.2, 0.25) is 6.29 Å². The number of aldehydes is 3. The van der Waals surface area contributed by atoms with Crippen molar-refractivity contribution in [2.24, 2.45) is 5.73 Å². The Morgan fingerprint density at radius 1 is 0.596 bits per heavy atom. The SMILES string of the molecule is C.CC.CCC(OC)OC.CCC=O.CCC=O.CCCNCc1c(O)ccc2c(-c3ccccc3C(=O)O)c3ccc(=O)cc-3oc12.CO.COC(C=O)OC.NCc1c(O)ccc2c(-c3ccccc3C(=O)O)c3ccc(=O)cc-3oc12.[B].[B].[C-]#N.[C-]#N.[Na+].[Na+].[Na+].[OH-]. The number of benzene rings is 6. The summed E-state index contributed by atoms with van der Waals surface area (Å²) in [4.78, 5) is 75.5. The van der Waals surface area contributed by atoms with Gasteiger partial charge in [0.15, 0.2) is 23.4 Å². The molecule has 2 heterocycles. The molecule has 4 aromatic carbocycles. The van der Waals surface area contributed by atoms with Gasteiger partial charge in [-0.2, -0.15) is 0 Å². The van der Waals surface area contributed by atoms with Gasteiger partial charge in [0.25, 0.3) is 0 Å². The minimum atomic E-state index is -1.06. The summed E-state index contributed by atoms with van der Waals surface area (Å²) < 4.78 is 30.6. The van der Waals surface area contributed by atoms with Crippen LogP contribution in [0.15, 0.2) is 128 Å². The first-order valence-electron chi connectivity index (χ1n) is 26.9. The van der Waals surface area contributed by atoms with E-state index in [4.69, 9.17) is 52.8 Å². The topological polar surface area (TPSA) is 399 Å². The Morgan fingerprint density at radius 3 is 1.22 bits per heavy atom. The van der Waals surface area contributed by atoms with Crippen molar-refractivity contribution in [3.63, 3.8) is 0 Å². The van der Waals surface area contributed by atoms with Crippen LogP contribution >= 0.6 is 0 Å². The van der Waals surface area contributed by atoms with E-state index >= 15 is 0 Å². The van der Waals surface area contributed by atoms with Gasteiger partial charge < -0.3 is 103 Å². The number of hydrogen-bond acceptors (Lipinski definition) is 21. The van der Waals surface area contributed by atoms with Crippen LogP contribution in [0.4, 0.5) is 0 Å². The number of rotatable bonds is 17. The Bertz CT molecular complexity index is 3430. The number of aromatic hydroxyl groups is 2. The second-order valence-corrected chi connectivity index (χ2v) is 16.7. The first kappa shape index (κ1) is 106. The summed E-state index contributed by atoms with van der Waals surface area (Å²) in [6.07, 6.45) is 4.75. The van der Waals surface area contributed by atoms with Crippen LogP contribution in [0.25, 0.3) is 66.8 Å². The Balaban J connectivity index is -0.000000147. The van der Waals surface area contributed by atoms with Gasteiger partial charge in [-0.25, -0.2) is 9.59 Å². The molecule has 0 fully saturated rings. The van der Waals surface area contributed by atoms with Crippen LogP contribution in [0.3, 0.4) is 0 Å². The molecular weight excluding hydrogens is 1240 g/mol. The molecule has 0 bridgehead atoms. The Kier molecular flexibility index (Phi) is 70.9. The molecular formula is C66H83B2N4Na3O19. The summed E-state index contributed by atoms with van der Waals surface area (Å²) >= 11 is 0. The summed E-state index contributed by atoms with van der Waals surface area (Å²) in [6.45, 7) is 22.4. The van der Waals surface area contributed by atoms with E-state index in [1.165, 1.54) is 50.6 Å². The van der Waals surface area contributed by atoms with Gasteiger partial charge in [0.05, 0.1) is 22.3 Å². The van der Waals surface area contributed by atoms with Crippen molar-refractivity contribution in [2.45, 2.75) is 100 Å². The number of carboxylic acid groups (broad SMARTS) is 2. The molecule has 4 aliphatic rings.